The number of aliphatic hydroxyl groups excluding tert-OH is 2. The fraction of sp³-hybridized carbons (Fsp3) is 0.300. The predicted octanol–water partition coefficient (Wildman–Crippen LogP) is 0.671. The predicted molar refractivity (Wildman–Crippen MR) is 59.5 cm³/mol. The molecule has 0 fully saturated rings. The van der Waals surface area contributed by atoms with E-state index in [0.29, 0.717) is 4.47 Å². The number of rotatable bonds is 4. The standard InChI is InChI=1S/C10H11BrFNO3/c11-9-3-6(12)1-2-8(9)10(16)13-7(4-14)5-15/h1-3,7,14-15H,4-5H2,(H,13,16). The molecule has 3 N–H and O–H groups in total. The molecule has 0 atom stereocenters. The molecule has 4 nitrogen and oxygen atoms in total. The zero-order chi connectivity index (χ0) is 12.1. The second kappa shape index (κ2) is 5.93. The molecular weight excluding hydrogens is 281 g/mol. The van der Waals surface area contributed by atoms with Gasteiger partial charge in [-0.05, 0) is 34.1 Å². The molecule has 16 heavy (non-hydrogen) atoms. The normalized spacial score (nSPS) is 10.6. The van der Waals surface area contributed by atoms with Crippen molar-refractivity contribution in [1.82, 2.24) is 5.32 Å². The first-order chi connectivity index (χ1) is 7.58. The van der Waals surface area contributed by atoms with Crippen LogP contribution in [0.1, 0.15) is 10.4 Å². The Morgan fingerprint density at radius 1 is 1.44 bits per heavy atom. The molecule has 0 aromatic heterocycles. The van der Waals surface area contributed by atoms with Crippen molar-refractivity contribution in [3.8, 4) is 0 Å². The van der Waals surface area contributed by atoms with E-state index in [-0.39, 0.29) is 18.8 Å². The van der Waals surface area contributed by atoms with Gasteiger partial charge in [0.1, 0.15) is 5.82 Å². The van der Waals surface area contributed by atoms with Crippen LogP contribution in [0.4, 0.5) is 4.39 Å². The zero-order valence-electron chi connectivity index (χ0n) is 8.28. The zero-order valence-corrected chi connectivity index (χ0v) is 9.87. The fourth-order valence-electron chi connectivity index (χ4n) is 1.09. The average molecular weight is 292 g/mol. The van der Waals surface area contributed by atoms with Crippen LogP contribution in [0, 0.1) is 5.82 Å². The van der Waals surface area contributed by atoms with Gasteiger partial charge in [0.25, 0.3) is 5.91 Å². The van der Waals surface area contributed by atoms with Crippen LogP contribution in [0.2, 0.25) is 0 Å². The van der Waals surface area contributed by atoms with Crippen molar-refractivity contribution in [3.05, 3.63) is 34.1 Å². The molecule has 0 saturated heterocycles. The third kappa shape index (κ3) is 3.26. The van der Waals surface area contributed by atoms with E-state index in [1.165, 1.54) is 12.1 Å². The van der Waals surface area contributed by atoms with Gasteiger partial charge < -0.3 is 15.5 Å². The summed E-state index contributed by atoms with van der Waals surface area (Å²) in [5.41, 5.74) is 0.244. The van der Waals surface area contributed by atoms with E-state index in [1.54, 1.807) is 0 Å². The van der Waals surface area contributed by atoms with E-state index >= 15 is 0 Å². The van der Waals surface area contributed by atoms with Gasteiger partial charge in [0.15, 0.2) is 0 Å². The van der Waals surface area contributed by atoms with Crippen molar-refractivity contribution in [2.75, 3.05) is 13.2 Å². The van der Waals surface area contributed by atoms with E-state index in [4.69, 9.17) is 10.2 Å². The number of amides is 1. The molecule has 1 aromatic rings. The highest BCUT2D eigenvalue weighted by Gasteiger charge is 2.14. The van der Waals surface area contributed by atoms with Crippen LogP contribution in [0.5, 0.6) is 0 Å². The smallest absolute Gasteiger partial charge is 0.252 e. The van der Waals surface area contributed by atoms with Gasteiger partial charge >= 0.3 is 0 Å². The molecule has 0 radical (unpaired) electrons. The molecule has 0 bridgehead atoms. The summed E-state index contributed by atoms with van der Waals surface area (Å²) in [5, 5.41) is 20.0. The highest BCUT2D eigenvalue weighted by Crippen LogP contribution is 2.17. The van der Waals surface area contributed by atoms with Crippen molar-refractivity contribution in [2.24, 2.45) is 0 Å². The van der Waals surface area contributed by atoms with Gasteiger partial charge in [0.2, 0.25) is 0 Å². The van der Waals surface area contributed by atoms with Gasteiger partial charge in [0, 0.05) is 4.47 Å². The Balaban J connectivity index is 2.80. The topological polar surface area (TPSA) is 69.6 Å². The minimum Gasteiger partial charge on any atom is -0.394 e. The van der Waals surface area contributed by atoms with Crippen LogP contribution < -0.4 is 5.32 Å². The van der Waals surface area contributed by atoms with Crippen LogP contribution in [0.25, 0.3) is 0 Å². The summed E-state index contributed by atoms with van der Waals surface area (Å²) in [6.07, 6.45) is 0. The summed E-state index contributed by atoms with van der Waals surface area (Å²) in [7, 11) is 0. The first-order valence-corrected chi connectivity index (χ1v) is 5.35. The Bertz CT molecular complexity index is 382. The van der Waals surface area contributed by atoms with Crippen LogP contribution in [0.3, 0.4) is 0 Å². The number of aliphatic hydroxyl groups is 2. The molecule has 0 spiro atoms. The Hall–Kier alpha value is -0.980. The SMILES string of the molecule is O=C(NC(CO)CO)c1ccc(F)cc1Br. The van der Waals surface area contributed by atoms with Crippen molar-refractivity contribution in [3.63, 3.8) is 0 Å². The maximum absolute atomic E-state index is 12.8. The van der Waals surface area contributed by atoms with E-state index in [2.05, 4.69) is 21.2 Å². The molecule has 0 aliphatic heterocycles. The van der Waals surface area contributed by atoms with Crippen LogP contribution in [-0.2, 0) is 0 Å². The largest absolute Gasteiger partial charge is 0.394 e. The Morgan fingerprint density at radius 2 is 2.06 bits per heavy atom. The molecule has 88 valence electrons. The van der Waals surface area contributed by atoms with Gasteiger partial charge in [-0.25, -0.2) is 4.39 Å². The third-order valence-electron chi connectivity index (χ3n) is 1.95. The lowest BCUT2D eigenvalue weighted by Crippen LogP contribution is -2.40. The number of nitrogens with one attached hydrogen (secondary N) is 1. The summed E-state index contributed by atoms with van der Waals surface area (Å²) < 4.78 is 13.1. The highest BCUT2D eigenvalue weighted by atomic mass is 79.9. The molecule has 1 amide bonds. The van der Waals surface area contributed by atoms with Crippen LogP contribution in [0.15, 0.2) is 22.7 Å². The Morgan fingerprint density at radius 3 is 2.56 bits per heavy atom. The van der Waals surface area contributed by atoms with Crippen molar-refractivity contribution >= 4 is 21.8 Å². The van der Waals surface area contributed by atoms with E-state index in [0.717, 1.165) is 6.07 Å². The number of carbonyl (C=O) groups excluding carboxylic acids is 1. The third-order valence-corrected chi connectivity index (χ3v) is 2.61. The lowest BCUT2D eigenvalue weighted by molar-refractivity contribution is 0.0878. The second-order valence-corrected chi connectivity index (χ2v) is 4.01. The van der Waals surface area contributed by atoms with Crippen LogP contribution >= 0.6 is 15.9 Å². The fourth-order valence-corrected chi connectivity index (χ4v) is 1.62. The first kappa shape index (κ1) is 13.1. The summed E-state index contributed by atoms with van der Waals surface area (Å²) >= 11 is 3.06. The Labute approximate surface area is 100 Å². The molecule has 1 rings (SSSR count). The quantitative estimate of drug-likeness (QED) is 0.764. The molecule has 6 heteroatoms. The molecule has 0 saturated carbocycles. The summed E-state index contributed by atoms with van der Waals surface area (Å²) in [6.45, 7) is -0.720. The average Bonchev–Trinajstić information content (AvgIpc) is 2.25. The summed E-state index contributed by atoms with van der Waals surface area (Å²) in [5.74, 6) is -0.940. The minimum absolute atomic E-state index is 0.244. The first-order valence-electron chi connectivity index (χ1n) is 4.56. The maximum atomic E-state index is 12.8. The second-order valence-electron chi connectivity index (χ2n) is 3.16. The lowest BCUT2D eigenvalue weighted by atomic mass is 10.2. The molecule has 0 aliphatic rings. The minimum atomic E-state index is -0.718. The maximum Gasteiger partial charge on any atom is 0.252 e. The van der Waals surface area contributed by atoms with E-state index in [9.17, 15) is 9.18 Å². The van der Waals surface area contributed by atoms with Gasteiger partial charge in [-0.15, -0.1) is 0 Å². The number of hydrogen-bond acceptors (Lipinski definition) is 3. The Kier molecular flexibility index (Phi) is 4.85. The van der Waals surface area contributed by atoms with Crippen molar-refractivity contribution < 1.29 is 19.4 Å². The summed E-state index contributed by atoms with van der Waals surface area (Å²) in [6, 6.07) is 2.93. The molecule has 1 aromatic carbocycles. The summed E-state index contributed by atoms with van der Waals surface area (Å²) in [4.78, 5) is 11.6. The molecule has 0 heterocycles. The number of halogens is 2. The van der Waals surface area contributed by atoms with Gasteiger partial charge in [-0.3, -0.25) is 4.79 Å². The molecule has 0 aliphatic carbocycles. The monoisotopic (exact) mass is 291 g/mol. The lowest BCUT2D eigenvalue weighted by Gasteiger charge is -2.13. The van der Waals surface area contributed by atoms with Gasteiger partial charge in [0.05, 0.1) is 24.8 Å². The van der Waals surface area contributed by atoms with Crippen molar-refractivity contribution in [1.29, 1.82) is 0 Å². The molecular formula is C10H11BrFNO3. The number of benzene rings is 1. The van der Waals surface area contributed by atoms with E-state index in [1.807, 2.05) is 0 Å². The molecule has 0 unspecified atom stereocenters. The van der Waals surface area contributed by atoms with Crippen molar-refractivity contribution in [2.45, 2.75) is 6.04 Å². The highest BCUT2D eigenvalue weighted by molar-refractivity contribution is 9.10. The van der Waals surface area contributed by atoms with E-state index < -0.39 is 17.8 Å². The van der Waals surface area contributed by atoms with Gasteiger partial charge in [-0.1, -0.05) is 0 Å². The van der Waals surface area contributed by atoms with Gasteiger partial charge in [-0.2, -0.15) is 0 Å². The number of carbonyl (C=O) groups is 1. The number of hydrogen-bond donors (Lipinski definition) is 3. The van der Waals surface area contributed by atoms with Crippen LogP contribution in [-0.4, -0.2) is 35.4 Å².